The van der Waals surface area contributed by atoms with Crippen LogP contribution in [0.4, 0.5) is 5.69 Å². The van der Waals surface area contributed by atoms with Gasteiger partial charge in [0.05, 0.1) is 4.92 Å². The molecule has 4 N–H and O–H groups in total. The minimum atomic E-state index is -0.600. The third-order valence-corrected chi connectivity index (χ3v) is 2.54. The Morgan fingerprint density at radius 1 is 1.53 bits per heavy atom. The van der Waals surface area contributed by atoms with Crippen molar-refractivity contribution in [3.63, 3.8) is 0 Å². The highest BCUT2D eigenvalue weighted by molar-refractivity contribution is 6.04. The Bertz CT molecular complexity index is 689. The van der Waals surface area contributed by atoms with Gasteiger partial charge in [-0.25, -0.2) is 0 Å². The Labute approximate surface area is 107 Å². The van der Waals surface area contributed by atoms with Gasteiger partial charge in [-0.05, 0) is 6.07 Å². The van der Waals surface area contributed by atoms with Crippen molar-refractivity contribution in [3.05, 3.63) is 40.1 Å². The van der Waals surface area contributed by atoms with E-state index in [9.17, 15) is 14.9 Å². The Balaban J connectivity index is 2.51. The first-order chi connectivity index (χ1) is 9.02. The Hall–Kier alpha value is -2.90. The lowest BCUT2D eigenvalue weighted by Crippen LogP contribution is -2.28. The van der Waals surface area contributed by atoms with Gasteiger partial charge in [-0.1, -0.05) is 12.1 Å². The molecular weight excluding hydrogens is 250 g/mol. The van der Waals surface area contributed by atoms with Crippen molar-refractivity contribution >= 4 is 28.5 Å². The third kappa shape index (κ3) is 2.37. The predicted molar refractivity (Wildman–Crippen MR) is 70.0 cm³/mol. The molecule has 1 aromatic carbocycles. The van der Waals surface area contributed by atoms with Gasteiger partial charge in [0, 0.05) is 18.5 Å². The summed E-state index contributed by atoms with van der Waals surface area (Å²) in [5, 5.41) is 13.9. The molecule has 0 bridgehead atoms. The van der Waals surface area contributed by atoms with Crippen molar-refractivity contribution in [2.75, 3.05) is 7.05 Å². The SMILES string of the molecule is CNC(N)=NC(=O)c1cc2cccc([N+](=O)[O-])c2[nH]1. The van der Waals surface area contributed by atoms with Gasteiger partial charge < -0.3 is 16.0 Å². The number of rotatable bonds is 2. The highest BCUT2D eigenvalue weighted by Gasteiger charge is 2.16. The molecular formula is C11H11N5O3. The van der Waals surface area contributed by atoms with Crippen molar-refractivity contribution in [1.82, 2.24) is 10.3 Å². The third-order valence-electron chi connectivity index (χ3n) is 2.54. The molecule has 2 rings (SSSR count). The number of amides is 1. The molecule has 0 aliphatic rings. The number of benzene rings is 1. The van der Waals surface area contributed by atoms with Crippen LogP contribution >= 0.6 is 0 Å². The molecule has 0 spiro atoms. The number of H-pyrrole nitrogens is 1. The molecule has 0 saturated heterocycles. The summed E-state index contributed by atoms with van der Waals surface area (Å²) in [7, 11) is 1.53. The van der Waals surface area contributed by atoms with E-state index in [-0.39, 0.29) is 22.9 Å². The molecule has 1 heterocycles. The van der Waals surface area contributed by atoms with Crippen LogP contribution in [0.15, 0.2) is 29.3 Å². The highest BCUT2D eigenvalue weighted by Crippen LogP contribution is 2.25. The van der Waals surface area contributed by atoms with Crippen LogP contribution in [0.1, 0.15) is 10.5 Å². The van der Waals surface area contributed by atoms with E-state index in [0.29, 0.717) is 5.39 Å². The van der Waals surface area contributed by atoms with Crippen molar-refractivity contribution in [3.8, 4) is 0 Å². The van der Waals surface area contributed by atoms with Gasteiger partial charge in [0.1, 0.15) is 11.2 Å². The Morgan fingerprint density at radius 2 is 2.26 bits per heavy atom. The van der Waals surface area contributed by atoms with Crippen LogP contribution < -0.4 is 11.1 Å². The van der Waals surface area contributed by atoms with Crippen LogP contribution in [0.25, 0.3) is 10.9 Å². The number of fused-ring (bicyclic) bond motifs is 1. The average molecular weight is 261 g/mol. The molecule has 1 amide bonds. The van der Waals surface area contributed by atoms with Gasteiger partial charge in [0.15, 0.2) is 5.96 Å². The quantitative estimate of drug-likeness (QED) is 0.318. The molecule has 8 heteroatoms. The zero-order chi connectivity index (χ0) is 14.0. The lowest BCUT2D eigenvalue weighted by Gasteiger charge is -1.95. The van der Waals surface area contributed by atoms with Crippen LogP contribution in [0.3, 0.4) is 0 Å². The summed E-state index contributed by atoms with van der Waals surface area (Å²) >= 11 is 0. The standard InChI is InChI=1S/C11H11N5O3/c1-13-11(12)15-10(17)7-5-6-3-2-4-8(16(18)19)9(6)14-7/h2-5,14H,1H3,(H3,12,13,15,17). The second kappa shape index (κ2) is 4.77. The summed E-state index contributed by atoms with van der Waals surface area (Å²) < 4.78 is 0. The normalized spacial score (nSPS) is 11.5. The first kappa shape index (κ1) is 12.6. The maximum Gasteiger partial charge on any atom is 0.296 e. The first-order valence-corrected chi connectivity index (χ1v) is 5.35. The zero-order valence-electron chi connectivity index (χ0n) is 10.0. The van der Waals surface area contributed by atoms with E-state index in [2.05, 4.69) is 15.3 Å². The molecule has 98 valence electrons. The van der Waals surface area contributed by atoms with Crippen molar-refractivity contribution < 1.29 is 9.72 Å². The molecule has 0 fully saturated rings. The molecule has 0 aliphatic heterocycles. The number of hydrogen-bond acceptors (Lipinski definition) is 3. The molecule has 0 saturated carbocycles. The lowest BCUT2D eigenvalue weighted by atomic mass is 10.2. The minimum Gasteiger partial charge on any atom is -0.370 e. The molecule has 0 atom stereocenters. The summed E-state index contributed by atoms with van der Waals surface area (Å²) in [6.07, 6.45) is 0. The number of aromatic amines is 1. The molecule has 1 aromatic heterocycles. The fraction of sp³-hybridized carbons (Fsp3) is 0.0909. The molecule has 0 radical (unpaired) electrons. The average Bonchev–Trinajstić information content (AvgIpc) is 2.81. The number of non-ortho nitro benzene ring substituents is 1. The second-order valence-electron chi connectivity index (χ2n) is 3.73. The first-order valence-electron chi connectivity index (χ1n) is 5.35. The van der Waals surface area contributed by atoms with Crippen LogP contribution in [0.2, 0.25) is 0 Å². The van der Waals surface area contributed by atoms with Crippen molar-refractivity contribution in [2.24, 2.45) is 10.7 Å². The number of aliphatic imine (C=N–C) groups is 1. The predicted octanol–water partition coefficient (Wildman–Crippen LogP) is 0.750. The number of carbonyl (C=O) groups excluding carboxylic acids is 1. The number of nitro benzene ring substituents is 1. The van der Waals surface area contributed by atoms with Gasteiger partial charge in [0.25, 0.3) is 11.6 Å². The summed E-state index contributed by atoms with van der Waals surface area (Å²) in [6.45, 7) is 0. The van der Waals surface area contributed by atoms with Crippen molar-refractivity contribution in [1.29, 1.82) is 0 Å². The maximum atomic E-state index is 11.8. The number of hydrogen-bond donors (Lipinski definition) is 3. The van der Waals surface area contributed by atoms with E-state index in [4.69, 9.17) is 5.73 Å². The number of nitrogens with zero attached hydrogens (tertiary/aromatic N) is 2. The summed E-state index contributed by atoms with van der Waals surface area (Å²) in [5.41, 5.74) is 5.71. The summed E-state index contributed by atoms with van der Waals surface area (Å²) in [5.74, 6) is -0.629. The number of nitro groups is 1. The molecule has 0 aliphatic carbocycles. The number of nitrogens with one attached hydrogen (secondary N) is 2. The largest absolute Gasteiger partial charge is 0.370 e. The van der Waals surface area contributed by atoms with Crippen LogP contribution in [-0.4, -0.2) is 28.8 Å². The number of carbonyl (C=O) groups is 1. The fourth-order valence-corrected chi connectivity index (χ4v) is 1.63. The number of aromatic nitrogens is 1. The molecule has 19 heavy (non-hydrogen) atoms. The van der Waals surface area contributed by atoms with Crippen LogP contribution in [0, 0.1) is 10.1 Å². The molecule has 8 nitrogen and oxygen atoms in total. The van der Waals surface area contributed by atoms with Crippen molar-refractivity contribution in [2.45, 2.75) is 0 Å². The van der Waals surface area contributed by atoms with E-state index in [0.717, 1.165) is 0 Å². The monoisotopic (exact) mass is 261 g/mol. The highest BCUT2D eigenvalue weighted by atomic mass is 16.6. The van der Waals surface area contributed by atoms with Gasteiger partial charge in [-0.3, -0.25) is 14.9 Å². The van der Waals surface area contributed by atoms with Gasteiger partial charge in [-0.15, -0.1) is 0 Å². The van der Waals surface area contributed by atoms with E-state index < -0.39 is 10.8 Å². The minimum absolute atomic E-state index is 0.0295. The topological polar surface area (TPSA) is 126 Å². The van der Waals surface area contributed by atoms with Gasteiger partial charge >= 0.3 is 0 Å². The van der Waals surface area contributed by atoms with E-state index in [1.165, 1.54) is 19.2 Å². The zero-order valence-corrected chi connectivity index (χ0v) is 10.0. The van der Waals surface area contributed by atoms with Gasteiger partial charge in [-0.2, -0.15) is 4.99 Å². The van der Waals surface area contributed by atoms with Crippen LogP contribution in [0.5, 0.6) is 0 Å². The van der Waals surface area contributed by atoms with E-state index in [1.807, 2.05) is 0 Å². The van der Waals surface area contributed by atoms with Crippen LogP contribution in [-0.2, 0) is 0 Å². The van der Waals surface area contributed by atoms with Gasteiger partial charge in [0.2, 0.25) is 0 Å². The lowest BCUT2D eigenvalue weighted by molar-refractivity contribution is -0.383. The fourth-order valence-electron chi connectivity index (χ4n) is 1.63. The smallest absolute Gasteiger partial charge is 0.296 e. The Kier molecular flexibility index (Phi) is 3.15. The summed E-state index contributed by atoms with van der Waals surface area (Å²) in [6, 6.07) is 6.07. The second-order valence-corrected chi connectivity index (χ2v) is 3.73. The number of nitrogens with two attached hydrogens (primary N) is 1. The maximum absolute atomic E-state index is 11.8. The number of guanidine groups is 1. The summed E-state index contributed by atoms with van der Waals surface area (Å²) in [4.78, 5) is 28.4. The molecule has 0 unspecified atom stereocenters. The van der Waals surface area contributed by atoms with E-state index >= 15 is 0 Å². The van der Waals surface area contributed by atoms with E-state index in [1.54, 1.807) is 12.1 Å². The Morgan fingerprint density at radius 3 is 2.89 bits per heavy atom. The molecule has 2 aromatic rings. The number of para-hydroxylation sites is 1.